The van der Waals surface area contributed by atoms with Gasteiger partial charge in [0.15, 0.2) is 0 Å². The summed E-state index contributed by atoms with van der Waals surface area (Å²) in [7, 11) is -3.83. The van der Waals surface area contributed by atoms with Crippen molar-refractivity contribution in [1.82, 2.24) is 9.46 Å². The first-order valence-electron chi connectivity index (χ1n) is 8.88. The first-order valence-corrected chi connectivity index (χ1v) is 10.3. The second kappa shape index (κ2) is 7.00. The number of rotatable bonds is 3. The zero-order chi connectivity index (χ0) is 20.8. The van der Waals surface area contributed by atoms with Crippen LogP contribution in [0.3, 0.4) is 0 Å². The van der Waals surface area contributed by atoms with Gasteiger partial charge >= 0.3 is 6.18 Å². The van der Waals surface area contributed by atoms with Crippen molar-refractivity contribution in [2.24, 2.45) is 0 Å². The maximum atomic E-state index is 13.3. The van der Waals surface area contributed by atoms with Gasteiger partial charge in [-0.1, -0.05) is 41.6 Å². The highest BCUT2D eigenvalue weighted by atomic mass is 32.2. The number of sulfonamides is 1. The minimum atomic E-state index is -4.66. The molecule has 4 rings (SSSR count). The Morgan fingerprint density at radius 2 is 1.79 bits per heavy atom. The number of aromatic nitrogens is 1. The lowest BCUT2D eigenvalue weighted by atomic mass is 10.0. The molecule has 0 saturated carbocycles. The third kappa shape index (κ3) is 3.67. The van der Waals surface area contributed by atoms with Crippen molar-refractivity contribution in [3.8, 4) is 11.3 Å². The quantitative estimate of drug-likeness (QED) is 0.627. The molecule has 0 bridgehead atoms. The van der Waals surface area contributed by atoms with Crippen LogP contribution < -0.4 is 0 Å². The highest BCUT2D eigenvalue weighted by Gasteiger charge is 2.36. The van der Waals surface area contributed by atoms with Gasteiger partial charge in [0.25, 0.3) is 0 Å². The highest BCUT2D eigenvalue weighted by Crippen LogP contribution is 2.34. The fraction of sp³-hybridized carbons (Fsp3) is 0.250. The predicted molar refractivity (Wildman–Crippen MR) is 99.4 cm³/mol. The topological polar surface area (TPSA) is 63.4 Å². The molecular formula is C20H17F3N2O3S. The van der Waals surface area contributed by atoms with Crippen LogP contribution in [-0.4, -0.2) is 24.4 Å². The van der Waals surface area contributed by atoms with Crippen LogP contribution in [0.4, 0.5) is 13.2 Å². The van der Waals surface area contributed by atoms with Gasteiger partial charge in [-0.3, -0.25) is 0 Å². The molecule has 2 heterocycles. The smallest absolute Gasteiger partial charge is 0.351 e. The lowest BCUT2D eigenvalue weighted by molar-refractivity contribution is -0.155. The van der Waals surface area contributed by atoms with Crippen LogP contribution in [0.5, 0.6) is 0 Å². The lowest BCUT2D eigenvalue weighted by Gasteiger charge is -2.28. The summed E-state index contributed by atoms with van der Waals surface area (Å²) < 4.78 is 70.6. The van der Waals surface area contributed by atoms with Crippen molar-refractivity contribution >= 4 is 10.0 Å². The van der Waals surface area contributed by atoms with E-state index in [0.29, 0.717) is 18.5 Å². The Bertz CT molecular complexity index is 1170. The average molecular weight is 422 g/mol. The summed E-state index contributed by atoms with van der Waals surface area (Å²) in [5.41, 5.74) is 2.74. The summed E-state index contributed by atoms with van der Waals surface area (Å²) >= 11 is 0. The first kappa shape index (κ1) is 19.7. The SMILES string of the molecule is Cc1ccc(-c2cc(C(F)(F)F)on2)cc1S(=O)(=O)N1CCc2ccccc2C1. The zero-order valence-corrected chi connectivity index (χ0v) is 16.2. The van der Waals surface area contributed by atoms with Crippen LogP contribution >= 0.6 is 0 Å². The van der Waals surface area contributed by atoms with Gasteiger partial charge in [0, 0.05) is 24.7 Å². The summed E-state index contributed by atoms with van der Waals surface area (Å²) in [6, 6.07) is 12.9. The molecule has 0 aliphatic carbocycles. The van der Waals surface area contributed by atoms with Gasteiger partial charge in [-0.25, -0.2) is 8.42 Å². The van der Waals surface area contributed by atoms with Crippen LogP contribution in [0.2, 0.25) is 0 Å². The number of benzene rings is 2. The number of hydrogen-bond acceptors (Lipinski definition) is 4. The molecule has 3 aromatic rings. The van der Waals surface area contributed by atoms with E-state index >= 15 is 0 Å². The van der Waals surface area contributed by atoms with Gasteiger partial charge in [-0.15, -0.1) is 0 Å². The molecule has 9 heteroatoms. The number of alkyl halides is 3. The maximum absolute atomic E-state index is 13.3. The molecular weight excluding hydrogens is 405 g/mol. The molecule has 0 N–H and O–H groups in total. The van der Waals surface area contributed by atoms with Crippen molar-refractivity contribution in [3.05, 3.63) is 71.0 Å². The van der Waals surface area contributed by atoms with Crippen molar-refractivity contribution in [3.63, 3.8) is 0 Å². The second-order valence-electron chi connectivity index (χ2n) is 6.91. The van der Waals surface area contributed by atoms with Crippen LogP contribution in [0.25, 0.3) is 11.3 Å². The van der Waals surface area contributed by atoms with Gasteiger partial charge in [-0.05, 0) is 36.1 Å². The number of hydrogen-bond donors (Lipinski definition) is 0. The van der Waals surface area contributed by atoms with Crippen molar-refractivity contribution in [1.29, 1.82) is 0 Å². The minimum Gasteiger partial charge on any atom is -0.351 e. The van der Waals surface area contributed by atoms with Crippen LogP contribution in [0.15, 0.2) is 57.9 Å². The zero-order valence-electron chi connectivity index (χ0n) is 15.4. The lowest BCUT2D eigenvalue weighted by Crippen LogP contribution is -2.36. The highest BCUT2D eigenvalue weighted by molar-refractivity contribution is 7.89. The fourth-order valence-corrected chi connectivity index (χ4v) is 5.07. The van der Waals surface area contributed by atoms with E-state index in [1.165, 1.54) is 16.4 Å². The molecule has 1 aliphatic rings. The predicted octanol–water partition coefficient (Wildman–Crippen LogP) is 4.42. The Morgan fingerprint density at radius 1 is 1.07 bits per heavy atom. The van der Waals surface area contributed by atoms with E-state index in [4.69, 9.17) is 0 Å². The van der Waals surface area contributed by atoms with Crippen LogP contribution in [-0.2, 0) is 29.2 Å². The second-order valence-corrected chi connectivity index (χ2v) is 8.82. The summed E-state index contributed by atoms with van der Waals surface area (Å²) in [4.78, 5) is 0.0472. The van der Waals surface area contributed by atoms with Crippen LogP contribution in [0, 0.1) is 6.92 Å². The van der Waals surface area contributed by atoms with E-state index in [0.717, 1.165) is 17.2 Å². The van der Waals surface area contributed by atoms with Crippen LogP contribution in [0.1, 0.15) is 22.5 Å². The van der Waals surface area contributed by atoms with Crippen molar-refractivity contribution in [2.45, 2.75) is 31.0 Å². The fourth-order valence-electron chi connectivity index (χ4n) is 3.40. The van der Waals surface area contributed by atoms with Gasteiger partial charge in [-0.2, -0.15) is 17.5 Å². The molecule has 2 aromatic carbocycles. The molecule has 29 heavy (non-hydrogen) atoms. The Hall–Kier alpha value is -2.65. The molecule has 1 aromatic heterocycles. The average Bonchev–Trinajstić information content (AvgIpc) is 3.18. The molecule has 0 amide bonds. The number of nitrogens with zero attached hydrogens (tertiary/aromatic N) is 2. The van der Waals surface area contributed by atoms with E-state index < -0.39 is 22.0 Å². The van der Waals surface area contributed by atoms with Gasteiger partial charge < -0.3 is 4.52 Å². The van der Waals surface area contributed by atoms with E-state index in [-0.39, 0.29) is 22.7 Å². The summed E-state index contributed by atoms with van der Waals surface area (Å²) in [5.74, 6) is -1.23. The maximum Gasteiger partial charge on any atom is 0.452 e. The standard InChI is InChI=1S/C20H17F3N2O3S/c1-13-6-7-15(17-11-19(28-24-17)20(21,22)23)10-18(13)29(26,27)25-9-8-14-4-2-3-5-16(14)12-25/h2-7,10-11H,8-9,12H2,1H3. The third-order valence-electron chi connectivity index (χ3n) is 4.99. The van der Waals surface area contributed by atoms with Crippen molar-refractivity contribution < 1.29 is 26.1 Å². The monoisotopic (exact) mass is 422 g/mol. The van der Waals surface area contributed by atoms with Crippen molar-refractivity contribution in [2.75, 3.05) is 6.54 Å². The molecule has 0 atom stereocenters. The summed E-state index contributed by atoms with van der Waals surface area (Å²) in [6.45, 7) is 2.24. The molecule has 0 unspecified atom stereocenters. The van der Waals surface area contributed by atoms with Gasteiger partial charge in [0.1, 0.15) is 5.69 Å². The van der Waals surface area contributed by atoms with E-state index in [9.17, 15) is 21.6 Å². The molecule has 0 fully saturated rings. The molecule has 152 valence electrons. The Labute approximate surface area is 165 Å². The van der Waals surface area contributed by atoms with Gasteiger partial charge in [0.05, 0.1) is 4.90 Å². The number of aryl methyl sites for hydroxylation is 1. The Balaban J connectivity index is 1.70. The Morgan fingerprint density at radius 3 is 2.48 bits per heavy atom. The summed E-state index contributed by atoms with van der Waals surface area (Å²) in [6.07, 6.45) is -4.06. The minimum absolute atomic E-state index is 0.0472. The van der Waals surface area contributed by atoms with E-state index in [1.807, 2.05) is 24.3 Å². The van der Waals surface area contributed by atoms with E-state index in [1.54, 1.807) is 13.0 Å². The first-order chi connectivity index (χ1) is 13.7. The summed E-state index contributed by atoms with van der Waals surface area (Å²) in [5, 5.41) is 3.44. The number of halogens is 3. The largest absolute Gasteiger partial charge is 0.452 e. The molecule has 1 aliphatic heterocycles. The van der Waals surface area contributed by atoms with Gasteiger partial charge in [0.2, 0.25) is 15.8 Å². The van der Waals surface area contributed by atoms with E-state index in [2.05, 4.69) is 9.68 Å². The third-order valence-corrected chi connectivity index (χ3v) is 6.97. The molecule has 0 spiro atoms. The molecule has 0 saturated heterocycles. The molecule has 5 nitrogen and oxygen atoms in total. The number of fused-ring (bicyclic) bond motifs is 1. The Kier molecular flexibility index (Phi) is 4.74. The normalized spacial score (nSPS) is 15.3. The molecule has 0 radical (unpaired) electrons.